The molecule has 4 N–H and O–H groups in total. The molecular formula is C26H55ClN2O4. The topological polar surface area (TPSA) is 86.0 Å². The van der Waals surface area contributed by atoms with Crippen LogP contribution < -0.4 is 11.1 Å². The van der Waals surface area contributed by atoms with E-state index >= 15 is 0 Å². The summed E-state index contributed by atoms with van der Waals surface area (Å²) in [6, 6.07) is 0.240. The summed E-state index contributed by atoms with van der Waals surface area (Å²) in [5.41, 5.74) is 4.99. The SMILES string of the molecule is CC(N)CC(C)(C)OCC(C)C(C)(C)OCCC(C)(C)C(C)(C)OCC(C)NCC(O)CCl. The Morgan fingerprint density at radius 1 is 0.909 bits per heavy atom. The Morgan fingerprint density at radius 3 is 2.00 bits per heavy atom. The predicted octanol–water partition coefficient (Wildman–Crippen LogP) is 4.74. The van der Waals surface area contributed by atoms with Crippen molar-refractivity contribution in [3.05, 3.63) is 0 Å². The van der Waals surface area contributed by atoms with Crippen LogP contribution in [0.1, 0.15) is 89.0 Å². The number of aliphatic hydroxyl groups is 1. The standard InChI is InChI=1S/C26H55ClN2O4/c1-19(17-32-24(6,7)14-20(2)28)25(8,9)31-13-12-23(4,5)26(10,11)33-18-21(3)29-16-22(30)15-27/h19-22,29-30H,12-18,28H2,1-11H3. The quantitative estimate of drug-likeness (QED) is 0.238. The lowest BCUT2D eigenvalue weighted by atomic mass is 9.74. The zero-order valence-corrected chi connectivity index (χ0v) is 24.1. The molecule has 0 aromatic rings. The van der Waals surface area contributed by atoms with Gasteiger partial charge in [0.1, 0.15) is 0 Å². The molecule has 0 aliphatic carbocycles. The van der Waals surface area contributed by atoms with Crippen LogP contribution in [0, 0.1) is 11.3 Å². The van der Waals surface area contributed by atoms with Gasteiger partial charge in [0.05, 0.1) is 36.1 Å². The zero-order chi connectivity index (χ0) is 26.1. The fraction of sp³-hybridized carbons (Fsp3) is 1.00. The number of hydrogen-bond acceptors (Lipinski definition) is 6. The Bertz CT molecular complexity index is 538. The molecule has 0 aliphatic rings. The van der Waals surface area contributed by atoms with Crippen molar-refractivity contribution >= 4 is 11.6 Å². The first-order valence-electron chi connectivity index (χ1n) is 12.5. The molecule has 200 valence electrons. The molecule has 0 fully saturated rings. The summed E-state index contributed by atoms with van der Waals surface area (Å²) in [4.78, 5) is 0. The van der Waals surface area contributed by atoms with Gasteiger partial charge in [0.25, 0.3) is 0 Å². The van der Waals surface area contributed by atoms with E-state index in [1.54, 1.807) is 0 Å². The van der Waals surface area contributed by atoms with Crippen LogP contribution in [0.4, 0.5) is 0 Å². The molecule has 4 atom stereocenters. The van der Waals surface area contributed by atoms with Gasteiger partial charge in [-0.05, 0) is 73.6 Å². The highest BCUT2D eigenvalue weighted by Crippen LogP contribution is 2.38. The van der Waals surface area contributed by atoms with Crippen molar-refractivity contribution in [3.63, 3.8) is 0 Å². The summed E-state index contributed by atoms with van der Waals surface area (Å²) in [5.74, 6) is 0.470. The minimum absolute atomic E-state index is 0.0859. The molecule has 0 saturated carbocycles. The van der Waals surface area contributed by atoms with Crippen LogP contribution in [0.15, 0.2) is 0 Å². The second kappa shape index (κ2) is 14.0. The van der Waals surface area contributed by atoms with Crippen molar-refractivity contribution in [2.45, 2.75) is 124 Å². The second-order valence-corrected chi connectivity index (χ2v) is 12.5. The number of rotatable bonds is 18. The van der Waals surface area contributed by atoms with Crippen LogP contribution in [-0.2, 0) is 14.2 Å². The van der Waals surface area contributed by atoms with E-state index in [1.807, 2.05) is 6.92 Å². The fourth-order valence-electron chi connectivity index (χ4n) is 3.38. The van der Waals surface area contributed by atoms with E-state index in [-0.39, 0.29) is 46.1 Å². The second-order valence-electron chi connectivity index (χ2n) is 12.2. The Hall–Kier alpha value is 0.0500. The van der Waals surface area contributed by atoms with Gasteiger partial charge in [0.15, 0.2) is 0 Å². The van der Waals surface area contributed by atoms with Crippen molar-refractivity contribution < 1.29 is 19.3 Å². The lowest BCUT2D eigenvalue weighted by molar-refractivity contribution is -0.135. The first kappa shape index (κ1) is 33.0. The van der Waals surface area contributed by atoms with Crippen molar-refractivity contribution in [1.82, 2.24) is 5.32 Å². The molecule has 0 aliphatic heterocycles. The third-order valence-electron chi connectivity index (χ3n) is 7.13. The summed E-state index contributed by atoms with van der Waals surface area (Å²) < 4.78 is 18.8. The zero-order valence-electron chi connectivity index (χ0n) is 23.4. The fourth-order valence-corrected chi connectivity index (χ4v) is 3.49. The van der Waals surface area contributed by atoms with E-state index in [2.05, 4.69) is 74.6 Å². The molecule has 7 heteroatoms. The summed E-state index contributed by atoms with van der Waals surface area (Å²) in [7, 11) is 0. The lowest BCUT2D eigenvalue weighted by Crippen LogP contribution is -2.46. The van der Waals surface area contributed by atoms with Crippen LogP contribution >= 0.6 is 11.6 Å². The smallest absolute Gasteiger partial charge is 0.0799 e. The normalized spacial score (nSPS) is 17.6. The van der Waals surface area contributed by atoms with Gasteiger partial charge < -0.3 is 30.4 Å². The summed E-state index contributed by atoms with van der Waals surface area (Å²) >= 11 is 5.66. The highest BCUT2D eigenvalue weighted by atomic mass is 35.5. The average Bonchev–Trinajstić information content (AvgIpc) is 2.67. The van der Waals surface area contributed by atoms with E-state index in [1.165, 1.54) is 0 Å². The molecule has 0 aromatic heterocycles. The Kier molecular flexibility index (Phi) is 14.0. The van der Waals surface area contributed by atoms with Gasteiger partial charge in [-0.2, -0.15) is 0 Å². The van der Waals surface area contributed by atoms with Crippen LogP contribution in [0.2, 0.25) is 0 Å². The highest BCUT2D eigenvalue weighted by molar-refractivity contribution is 6.18. The van der Waals surface area contributed by atoms with Gasteiger partial charge in [-0.3, -0.25) is 0 Å². The maximum atomic E-state index is 9.61. The van der Waals surface area contributed by atoms with Gasteiger partial charge in [0, 0.05) is 37.0 Å². The van der Waals surface area contributed by atoms with Crippen molar-refractivity contribution in [1.29, 1.82) is 0 Å². The number of nitrogens with two attached hydrogens (primary N) is 1. The average molecular weight is 495 g/mol. The third-order valence-corrected chi connectivity index (χ3v) is 7.49. The number of nitrogens with one attached hydrogen (secondary N) is 1. The first-order chi connectivity index (χ1) is 14.8. The monoisotopic (exact) mass is 494 g/mol. The van der Waals surface area contributed by atoms with E-state index in [0.29, 0.717) is 26.4 Å². The first-order valence-corrected chi connectivity index (χ1v) is 13.0. The minimum atomic E-state index is -0.540. The Balaban J connectivity index is 4.62. The number of halogens is 1. The molecule has 6 nitrogen and oxygen atoms in total. The number of ether oxygens (including phenoxy) is 3. The van der Waals surface area contributed by atoms with Gasteiger partial charge in [-0.15, -0.1) is 11.6 Å². The molecule has 0 saturated heterocycles. The van der Waals surface area contributed by atoms with Gasteiger partial charge >= 0.3 is 0 Å². The molecule has 0 rings (SSSR count). The highest BCUT2D eigenvalue weighted by Gasteiger charge is 2.39. The Morgan fingerprint density at radius 2 is 1.48 bits per heavy atom. The molecule has 0 bridgehead atoms. The summed E-state index contributed by atoms with van der Waals surface area (Å²) in [5, 5.41) is 12.9. The van der Waals surface area contributed by atoms with Crippen LogP contribution in [-0.4, -0.2) is 72.3 Å². The van der Waals surface area contributed by atoms with Gasteiger partial charge in [0.2, 0.25) is 0 Å². The maximum absolute atomic E-state index is 9.61. The molecule has 33 heavy (non-hydrogen) atoms. The Labute approximate surface area is 209 Å². The molecular weight excluding hydrogens is 440 g/mol. The molecule has 0 radical (unpaired) electrons. The minimum Gasteiger partial charge on any atom is -0.391 e. The maximum Gasteiger partial charge on any atom is 0.0799 e. The van der Waals surface area contributed by atoms with Gasteiger partial charge in [-0.25, -0.2) is 0 Å². The number of aliphatic hydroxyl groups excluding tert-OH is 1. The molecule has 0 aromatic carbocycles. The largest absolute Gasteiger partial charge is 0.391 e. The van der Waals surface area contributed by atoms with Crippen molar-refractivity contribution in [3.8, 4) is 0 Å². The van der Waals surface area contributed by atoms with E-state index in [4.69, 9.17) is 31.5 Å². The van der Waals surface area contributed by atoms with Crippen LogP contribution in [0.5, 0.6) is 0 Å². The number of hydrogen-bond donors (Lipinski definition) is 3. The van der Waals surface area contributed by atoms with Gasteiger partial charge in [-0.1, -0.05) is 20.8 Å². The van der Waals surface area contributed by atoms with Crippen molar-refractivity contribution in [2.75, 3.05) is 32.2 Å². The van der Waals surface area contributed by atoms with E-state index < -0.39 is 6.10 Å². The molecule has 4 unspecified atom stereocenters. The molecule has 0 spiro atoms. The lowest BCUT2D eigenvalue weighted by Gasteiger charge is -2.43. The van der Waals surface area contributed by atoms with E-state index in [0.717, 1.165) is 12.8 Å². The van der Waals surface area contributed by atoms with Crippen molar-refractivity contribution in [2.24, 2.45) is 17.1 Å². The van der Waals surface area contributed by atoms with Crippen LogP contribution in [0.25, 0.3) is 0 Å². The predicted molar refractivity (Wildman–Crippen MR) is 140 cm³/mol. The molecule has 0 heterocycles. The number of alkyl halides is 1. The van der Waals surface area contributed by atoms with E-state index in [9.17, 15) is 5.11 Å². The molecule has 0 amide bonds. The summed E-state index contributed by atoms with van der Waals surface area (Å²) in [6.45, 7) is 25.7. The third kappa shape index (κ3) is 13.1. The summed E-state index contributed by atoms with van der Waals surface area (Å²) in [6.07, 6.45) is 1.16. The van der Waals surface area contributed by atoms with Crippen LogP contribution in [0.3, 0.4) is 0 Å².